The highest BCUT2D eigenvalue weighted by atomic mass is 19.1. The van der Waals surface area contributed by atoms with Crippen LogP contribution in [0, 0.1) is 5.82 Å². The lowest BCUT2D eigenvalue weighted by molar-refractivity contribution is 0.627. The summed E-state index contributed by atoms with van der Waals surface area (Å²) in [6.45, 7) is 4.91. The molecule has 0 fully saturated rings. The lowest BCUT2D eigenvalue weighted by Crippen LogP contribution is -2.30. The number of rotatable bonds is 5. The van der Waals surface area contributed by atoms with Crippen molar-refractivity contribution in [2.45, 2.75) is 6.92 Å². The summed E-state index contributed by atoms with van der Waals surface area (Å²) in [7, 11) is 1.93. The molecule has 0 heterocycles. The maximum atomic E-state index is 12.7. The van der Waals surface area contributed by atoms with Gasteiger partial charge in [0.2, 0.25) is 0 Å². The van der Waals surface area contributed by atoms with E-state index >= 15 is 0 Å². The second-order valence-electron chi connectivity index (χ2n) is 3.16. The molecule has 1 aromatic carbocycles. The quantitative estimate of drug-likeness (QED) is 0.773. The van der Waals surface area contributed by atoms with E-state index in [4.69, 9.17) is 0 Å². The van der Waals surface area contributed by atoms with Crippen LogP contribution < -0.4 is 10.2 Å². The maximum Gasteiger partial charge on any atom is 0.123 e. The zero-order valence-corrected chi connectivity index (χ0v) is 8.76. The van der Waals surface area contributed by atoms with Crippen molar-refractivity contribution < 1.29 is 4.39 Å². The Kier molecular flexibility index (Phi) is 4.40. The standard InChI is InChI=1S/C11H17FN2/c1-3-14(9-8-13-2)11-6-4-10(12)5-7-11/h4-7,13H,3,8-9H2,1-2H3. The number of likely N-dealkylation sites (N-methyl/N-ethyl adjacent to an activating group) is 2. The molecule has 2 nitrogen and oxygen atoms in total. The summed E-state index contributed by atoms with van der Waals surface area (Å²) >= 11 is 0. The van der Waals surface area contributed by atoms with Gasteiger partial charge in [-0.15, -0.1) is 0 Å². The number of benzene rings is 1. The number of nitrogens with zero attached hydrogens (tertiary/aromatic N) is 1. The molecule has 0 amide bonds. The van der Waals surface area contributed by atoms with Crippen LogP contribution in [0.1, 0.15) is 6.92 Å². The van der Waals surface area contributed by atoms with Gasteiger partial charge in [0.05, 0.1) is 0 Å². The van der Waals surface area contributed by atoms with Gasteiger partial charge in [-0.2, -0.15) is 0 Å². The molecule has 0 aliphatic heterocycles. The van der Waals surface area contributed by atoms with Crippen molar-refractivity contribution in [2.24, 2.45) is 0 Å². The van der Waals surface area contributed by atoms with E-state index in [1.54, 1.807) is 0 Å². The molecule has 0 saturated carbocycles. The van der Waals surface area contributed by atoms with Gasteiger partial charge in [-0.25, -0.2) is 4.39 Å². The number of hydrogen-bond acceptors (Lipinski definition) is 2. The third-order valence-corrected chi connectivity index (χ3v) is 2.21. The molecule has 1 aromatic rings. The van der Waals surface area contributed by atoms with Gasteiger partial charge < -0.3 is 10.2 Å². The Balaban J connectivity index is 2.64. The van der Waals surface area contributed by atoms with Crippen molar-refractivity contribution >= 4 is 5.69 Å². The summed E-state index contributed by atoms with van der Waals surface area (Å²) in [4.78, 5) is 2.20. The van der Waals surface area contributed by atoms with Crippen LogP contribution >= 0.6 is 0 Å². The van der Waals surface area contributed by atoms with E-state index in [1.807, 2.05) is 19.2 Å². The molecule has 0 bridgehead atoms. The predicted molar refractivity (Wildman–Crippen MR) is 58.2 cm³/mol. The van der Waals surface area contributed by atoms with Gasteiger partial charge in [0.25, 0.3) is 0 Å². The van der Waals surface area contributed by atoms with Crippen molar-refractivity contribution in [3.8, 4) is 0 Å². The van der Waals surface area contributed by atoms with Crippen LogP contribution in [0.5, 0.6) is 0 Å². The Morgan fingerprint density at radius 3 is 2.43 bits per heavy atom. The first-order valence-electron chi connectivity index (χ1n) is 4.93. The van der Waals surface area contributed by atoms with Gasteiger partial charge in [-0.05, 0) is 38.2 Å². The Bertz CT molecular complexity index is 258. The first-order chi connectivity index (χ1) is 6.77. The van der Waals surface area contributed by atoms with Crippen LogP contribution in [0.2, 0.25) is 0 Å². The second-order valence-corrected chi connectivity index (χ2v) is 3.16. The topological polar surface area (TPSA) is 15.3 Å². The fourth-order valence-corrected chi connectivity index (χ4v) is 1.37. The average Bonchev–Trinajstić information content (AvgIpc) is 2.21. The third kappa shape index (κ3) is 3.00. The number of hydrogen-bond donors (Lipinski definition) is 1. The van der Waals surface area contributed by atoms with E-state index in [0.717, 1.165) is 25.3 Å². The first-order valence-corrected chi connectivity index (χ1v) is 4.93. The lowest BCUT2D eigenvalue weighted by Gasteiger charge is -2.22. The minimum Gasteiger partial charge on any atom is -0.371 e. The number of nitrogens with one attached hydrogen (secondary N) is 1. The zero-order valence-electron chi connectivity index (χ0n) is 8.76. The number of halogens is 1. The van der Waals surface area contributed by atoms with Crippen molar-refractivity contribution in [1.82, 2.24) is 5.32 Å². The normalized spacial score (nSPS) is 10.2. The molecular weight excluding hydrogens is 179 g/mol. The molecule has 0 radical (unpaired) electrons. The maximum absolute atomic E-state index is 12.7. The van der Waals surface area contributed by atoms with E-state index in [-0.39, 0.29) is 5.82 Å². The molecule has 1 N–H and O–H groups in total. The fraction of sp³-hybridized carbons (Fsp3) is 0.455. The van der Waals surface area contributed by atoms with Gasteiger partial charge in [0.1, 0.15) is 5.82 Å². The molecule has 1 rings (SSSR count). The average molecular weight is 196 g/mol. The summed E-state index contributed by atoms with van der Waals surface area (Å²) in [5.41, 5.74) is 1.07. The molecule has 0 saturated heterocycles. The molecule has 0 aliphatic carbocycles. The minimum absolute atomic E-state index is 0.182. The van der Waals surface area contributed by atoms with E-state index in [9.17, 15) is 4.39 Å². The van der Waals surface area contributed by atoms with Crippen LogP contribution in [0.4, 0.5) is 10.1 Å². The molecule has 0 atom stereocenters. The van der Waals surface area contributed by atoms with Gasteiger partial charge in [0, 0.05) is 25.3 Å². The molecule has 0 spiro atoms. The van der Waals surface area contributed by atoms with Gasteiger partial charge in [0.15, 0.2) is 0 Å². The summed E-state index contributed by atoms with van der Waals surface area (Å²) < 4.78 is 12.7. The fourth-order valence-electron chi connectivity index (χ4n) is 1.37. The Labute approximate surface area is 84.7 Å². The SMILES string of the molecule is CCN(CCNC)c1ccc(F)cc1. The molecular formula is C11H17FN2. The lowest BCUT2D eigenvalue weighted by atomic mass is 10.3. The van der Waals surface area contributed by atoms with E-state index in [2.05, 4.69) is 17.1 Å². The van der Waals surface area contributed by atoms with E-state index in [1.165, 1.54) is 12.1 Å². The van der Waals surface area contributed by atoms with Crippen LogP contribution in [-0.2, 0) is 0 Å². The van der Waals surface area contributed by atoms with Crippen molar-refractivity contribution in [2.75, 3.05) is 31.6 Å². The molecule has 3 heteroatoms. The van der Waals surface area contributed by atoms with E-state index in [0.29, 0.717) is 0 Å². The summed E-state index contributed by atoms with van der Waals surface area (Å²) in [5, 5.41) is 3.10. The zero-order chi connectivity index (χ0) is 10.4. The molecule has 0 aromatic heterocycles. The highest BCUT2D eigenvalue weighted by Crippen LogP contribution is 2.13. The van der Waals surface area contributed by atoms with Crippen LogP contribution in [0.15, 0.2) is 24.3 Å². The number of anilines is 1. The van der Waals surface area contributed by atoms with Crippen LogP contribution in [0.3, 0.4) is 0 Å². The summed E-state index contributed by atoms with van der Waals surface area (Å²) in [6, 6.07) is 6.62. The van der Waals surface area contributed by atoms with Crippen LogP contribution in [-0.4, -0.2) is 26.7 Å². The van der Waals surface area contributed by atoms with E-state index < -0.39 is 0 Å². The Morgan fingerprint density at radius 2 is 1.93 bits per heavy atom. The largest absolute Gasteiger partial charge is 0.371 e. The van der Waals surface area contributed by atoms with Crippen molar-refractivity contribution in [3.63, 3.8) is 0 Å². The molecule has 0 aliphatic rings. The van der Waals surface area contributed by atoms with Crippen molar-refractivity contribution in [3.05, 3.63) is 30.1 Å². The molecule has 78 valence electrons. The highest BCUT2D eigenvalue weighted by Gasteiger charge is 2.02. The third-order valence-electron chi connectivity index (χ3n) is 2.21. The highest BCUT2D eigenvalue weighted by molar-refractivity contribution is 5.46. The molecule has 14 heavy (non-hydrogen) atoms. The first kappa shape index (κ1) is 11.0. The van der Waals surface area contributed by atoms with Gasteiger partial charge >= 0.3 is 0 Å². The minimum atomic E-state index is -0.182. The van der Waals surface area contributed by atoms with Gasteiger partial charge in [-0.3, -0.25) is 0 Å². The monoisotopic (exact) mass is 196 g/mol. The second kappa shape index (κ2) is 5.60. The smallest absolute Gasteiger partial charge is 0.123 e. The van der Waals surface area contributed by atoms with Crippen molar-refractivity contribution in [1.29, 1.82) is 0 Å². The molecule has 0 unspecified atom stereocenters. The Hall–Kier alpha value is -1.09. The predicted octanol–water partition coefficient (Wildman–Crippen LogP) is 1.87. The summed E-state index contributed by atoms with van der Waals surface area (Å²) in [5.74, 6) is -0.182. The van der Waals surface area contributed by atoms with Gasteiger partial charge in [-0.1, -0.05) is 0 Å². The van der Waals surface area contributed by atoms with Crippen LogP contribution in [0.25, 0.3) is 0 Å². The Morgan fingerprint density at radius 1 is 1.29 bits per heavy atom. The summed E-state index contributed by atoms with van der Waals surface area (Å²) in [6.07, 6.45) is 0.